The lowest BCUT2D eigenvalue weighted by molar-refractivity contribution is -0.318. The average Bonchev–Trinajstić information content (AvgIpc) is 3.35. The molecule has 0 radical (unpaired) electrons. The van der Waals surface area contributed by atoms with Gasteiger partial charge < -0.3 is 83.8 Å². The van der Waals surface area contributed by atoms with Gasteiger partial charge in [-0.2, -0.15) is 4.39 Å². The maximum Gasteiger partial charge on any atom is 0.311 e. The molecule has 428 valence electrons. The van der Waals surface area contributed by atoms with Crippen LogP contribution in [0.1, 0.15) is 113 Å². The Morgan fingerprint density at radius 2 is 1.65 bits per heavy atom. The van der Waals surface area contributed by atoms with Crippen molar-refractivity contribution in [1.29, 1.82) is 0 Å². The van der Waals surface area contributed by atoms with E-state index in [1.54, 1.807) is 60.6 Å². The first kappa shape index (κ1) is 64.2. The highest BCUT2D eigenvalue weighted by Crippen LogP contribution is 2.40. The minimum Gasteiger partial charge on any atom is -0.609 e. The quantitative estimate of drug-likeness (QED) is 0.0481. The van der Waals surface area contributed by atoms with E-state index in [1.165, 1.54) is 39.5 Å². The van der Waals surface area contributed by atoms with Crippen LogP contribution in [0.4, 0.5) is 8.78 Å². The van der Waals surface area contributed by atoms with Gasteiger partial charge in [0.25, 0.3) is 0 Å². The molecule has 74 heavy (non-hydrogen) atoms. The summed E-state index contributed by atoms with van der Waals surface area (Å²) >= 11 is -1.82. The summed E-state index contributed by atoms with van der Waals surface area (Å²) in [4.78, 5) is 18.6. The molecule has 1 aromatic rings. The maximum absolute atomic E-state index is 14.7. The van der Waals surface area contributed by atoms with E-state index in [0.29, 0.717) is 30.8 Å². The number of aliphatic hydroxyl groups excluding tert-OH is 3. The molecule has 1 aromatic carbocycles. The summed E-state index contributed by atoms with van der Waals surface area (Å²) in [6.07, 6.45) is -9.10. The van der Waals surface area contributed by atoms with Gasteiger partial charge in [0.1, 0.15) is 48.8 Å². The van der Waals surface area contributed by atoms with Crippen LogP contribution in [0.5, 0.6) is 0 Å². The van der Waals surface area contributed by atoms with E-state index in [4.69, 9.17) is 44.7 Å². The fourth-order valence-corrected chi connectivity index (χ4v) is 11.8. The average molecular weight is 1080 g/mol. The summed E-state index contributed by atoms with van der Waals surface area (Å²) in [5, 5.41) is 60.8. The number of carbonyl (C=O) groups is 1. The Hall–Kier alpha value is -2.36. The van der Waals surface area contributed by atoms with Gasteiger partial charge >= 0.3 is 5.97 Å². The first-order chi connectivity index (χ1) is 34.5. The van der Waals surface area contributed by atoms with Crippen molar-refractivity contribution in [2.45, 2.75) is 209 Å². The van der Waals surface area contributed by atoms with Gasteiger partial charge in [-0.3, -0.25) is 4.79 Å². The molecular weight excluding hydrogens is 989 g/mol. The third-order valence-electron chi connectivity index (χ3n) is 15.9. The van der Waals surface area contributed by atoms with Crippen molar-refractivity contribution in [2.75, 3.05) is 54.1 Å². The molecule has 0 aliphatic carbocycles. The van der Waals surface area contributed by atoms with Gasteiger partial charge in [0.2, 0.25) is 6.01 Å². The summed E-state index contributed by atoms with van der Waals surface area (Å²) in [5.74, 6) is 3.40. The Balaban J connectivity index is 1.67. The zero-order valence-corrected chi connectivity index (χ0v) is 47.0. The van der Waals surface area contributed by atoms with Crippen molar-refractivity contribution in [3.63, 3.8) is 0 Å². The van der Waals surface area contributed by atoms with E-state index >= 15 is 0 Å². The number of esters is 1. The molecule has 0 aromatic heterocycles. The van der Waals surface area contributed by atoms with Crippen molar-refractivity contribution in [3.8, 4) is 0 Å². The zero-order chi connectivity index (χ0) is 55.8. The molecular formula is C52H91F2N5O14S. The summed E-state index contributed by atoms with van der Waals surface area (Å²) in [6, 6.07) is 2.94. The molecule has 0 spiro atoms. The topological polar surface area (TPSA) is 268 Å². The van der Waals surface area contributed by atoms with Crippen LogP contribution >= 0.6 is 0 Å². The van der Waals surface area contributed by atoms with Gasteiger partial charge in [-0.25, -0.2) is 10.2 Å². The number of rotatable bonds is 18. The molecule has 3 saturated heterocycles. The fraction of sp³-hybridized carbons (Fsp3) is 0.827. The van der Waals surface area contributed by atoms with Gasteiger partial charge in [0.15, 0.2) is 17.5 Å². The number of halogens is 2. The first-order valence-electron chi connectivity index (χ1n) is 25.9. The molecule has 21 atom stereocenters. The van der Waals surface area contributed by atoms with E-state index in [9.17, 15) is 43.7 Å². The fourth-order valence-electron chi connectivity index (χ4n) is 11.2. The minimum atomic E-state index is -1.87. The Kier molecular flexibility index (Phi) is 23.8. The summed E-state index contributed by atoms with van der Waals surface area (Å²) in [6.45, 7) is 17.0. The normalized spacial score (nSPS) is 39.9. The number of hydrogen-bond acceptors (Lipinski definition) is 19. The second-order valence-corrected chi connectivity index (χ2v) is 23.4. The lowest BCUT2D eigenvalue weighted by Crippen LogP contribution is -2.61. The third-order valence-corrected chi connectivity index (χ3v) is 16.9. The molecule has 0 amide bonds. The lowest BCUT2D eigenvalue weighted by Gasteiger charge is -2.49. The molecule has 0 bridgehead atoms. The molecule has 3 heterocycles. The van der Waals surface area contributed by atoms with Crippen LogP contribution in [-0.4, -0.2) is 201 Å². The second kappa shape index (κ2) is 27.5. The van der Waals surface area contributed by atoms with Crippen LogP contribution in [0.3, 0.4) is 0 Å². The number of nitrogens with zero attached hydrogens (tertiary/aromatic N) is 3. The Labute approximate surface area is 441 Å². The van der Waals surface area contributed by atoms with Crippen molar-refractivity contribution in [2.24, 2.45) is 29.3 Å². The van der Waals surface area contributed by atoms with Crippen LogP contribution in [0, 0.1) is 17.8 Å². The van der Waals surface area contributed by atoms with Crippen molar-refractivity contribution < 1.29 is 76.8 Å². The first-order valence-corrected chi connectivity index (χ1v) is 27.2. The van der Waals surface area contributed by atoms with Crippen LogP contribution < -0.4 is 11.6 Å². The largest absolute Gasteiger partial charge is 0.609 e. The second-order valence-electron chi connectivity index (χ2n) is 22.0. The number of aliphatic hydroxyl groups is 5. The highest BCUT2D eigenvalue weighted by molar-refractivity contribution is 7.91. The predicted molar refractivity (Wildman–Crippen MR) is 274 cm³/mol. The minimum absolute atomic E-state index is 0.0631. The Morgan fingerprint density at radius 1 is 1.01 bits per heavy atom. The van der Waals surface area contributed by atoms with Gasteiger partial charge in [0, 0.05) is 81.2 Å². The number of hydrazine groups is 1. The number of ether oxygens (including phenoxy) is 7. The van der Waals surface area contributed by atoms with Crippen LogP contribution in [0.15, 0.2) is 41.1 Å². The molecule has 0 saturated carbocycles. The van der Waals surface area contributed by atoms with E-state index in [-0.39, 0.29) is 36.5 Å². The number of hydrogen-bond donors (Lipinski definition) is 7. The number of alkyl halides is 2. The summed E-state index contributed by atoms with van der Waals surface area (Å²) in [5.41, 5.74) is 2.67. The Morgan fingerprint density at radius 3 is 2.22 bits per heavy atom. The SMILES string of the molecule is CC[C@H]1OC(=O)[C@H](C)[C@@H](O[C@H]2C[C@@](C)(OC)[C@@H](O)[C@H](C)O2)[C@H](C)[C@@H](O[C@@H]2O[C@H](C)C[C@H](N(C)CC/C(N)=C/N(N)[C@H](CF)[C@H](OC)c3ccc([S+]([O-])CF)cc3)[C@H]2O)[C@](C)(O)C[C@@H](C)CN(C)[C@H](C)[C@@H](O)[C@]1(C)O. The number of cyclic esters (lactones) is 1. The Bertz CT molecular complexity index is 1920. The van der Waals surface area contributed by atoms with Gasteiger partial charge in [0.05, 0.1) is 41.5 Å². The van der Waals surface area contributed by atoms with Crippen molar-refractivity contribution in [3.05, 3.63) is 41.7 Å². The van der Waals surface area contributed by atoms with E-state index < -0.39 is 144 Å². The monoisotopic (exact) mass is 1080 g/mol. The molecule has 3 aliphatic heterocycles. The number of methoxy groups -OCH3 is 2. The predicted octanol–water partition coefficient (Wildman–Crippen LogP) is 3.40. The van der Waals surface area contributed by atoms with E-state index in [2.05, 4.69) is 0 Å². The van der Waals surface area contributed by atoms with Crippen molar-refractivity contribution in [1.82, 2.24) is 14.8 Å². The molecule has 1 unspecified atom stereocenters. The number of likely N-dealkylation sites (N-methyl/N-ethyl adjacent to an activating group) is 2. The molecule has 22 heteroatoms. The van der Waals surface area contributed by atoms with Crippen LogP contribution in [-0.2, 0) is 49.1 Å². The smallest absolute Gasteiger partial charge is 0.311 e. The highest BCUT2D eigenvalue weighted by Gasteiger charge is 2.53. The molecule has 19 nitrogen and oxygen atoms in total. The number of carbonyl (C=O) groups excluding carboxylic acids is 1. The number of nitrogens with two attached hydrogens (primary N) is 2. The standard InChI is InChI=1S/C52H91F2N5O14S/c1-15-40-52(10,65)45(61)33(6)58(12)26-29(2)23-50(8,64)47(31(4)43(32(5)48(63)71-40)72-41-24-51(9,68-14)46(62)34(7)70-41)73-49-42(60)38(22-30(3)69-49)57(11)21-20-36(55)27-59(56)39(25-53)44(67-13)35-16-18-37(19-17-35)74(66)28-54/h16-19,27,29-34,38-47,49,60-62,64-65H,15,20-26,28,55-56H2,1-14H3/b36-27-/t29-,30-,31+,32-,33-,34+,38+,39-,40-,41+,42-,43+,44-,45-,46+,47-,49+,50-,51-,52-,74?/m1/s1. The van der Waals surface area contributed by atoms with Crippen LogP contribution in [0.2, 0.25) is 0 Å². The van der Waals surface area contributed by atoms with Gasteiger partial charge in [-0.1, -0.05) is 32.9 Å². The zero-order valence-electron chi connectivity index (χ0n) is 46.1. The van der Waals surface area contributed by atoms with E-state index in [1.807, 2.05) is 37.7 Å². The molecule has 9 N–H and O–H groups in total. The van der Waals surface area contributed by atoms with Gasteiger partial charge in [-0.05, 0) is 105 Å². The number of benzene rings is 1. The lowest BCUT2D eigenvalue weighted by atomic mass is 9.77. The van der Waals surface area contributed by atoms with E-state index in [0.717, 1.165) is 5.01 Å². The highest BCUT2D eigenvalue weighted by atomic mass is 32.2. The van der Waals surface area contributed by atoms with Crippen molar-refractivity contribution >= 4 is 17.1 Å². The summed E-state index contributed by atoms with van der Waals surface area (Å²) < 4.78 is 83.4. The van der Waals surface area contributed by atoms with Crippen LogP contribution in [0.25, 0.3) is 0 Å². The maximum atomic E-state index is 14.7. The van der Waals surface area contributed by atoms with Gasteiger partial charge in [-0.15, -0.1) is 0 Å². The molecule has 4 rings (SSSR count). The summed E-state index contributed by atoms with van der Waals surface area (Å²) in [7, 11) is 6.50. The molecule has 3 fully saturated rings. The molecule has 3 aliphatic rings. The third kappa shape index (κ3) is 15.5.